The molecule has 1 aliphatic heterocycles. The Bertz CT molecular complexity index is 1180. The molecule has 0 fully saturated rings. The summed E-state index contributed by atoms with van der Waals surface area (Å²) in [4.78, 5) is 15.8. The van der Waals surface area contributed by atoms with Crippen LogP contribution in [0.4, 0.5) is 15.9 Å². The summed E-state index contributed by atoms with van der Waals surface area (Å²) in [5, 5.41) is 0.865. The SMILES string of the molecule is COc1ccc2nc(-c3cccnc3)nc(N3CCc4ccc(F)cc43)c2c1. The quantitative estimate of drug-likeness (QED) is 0.529. The zero-order valence-corrected chi connectivity index (χ0v) is 15.3. The fraction of sp³-hybridized carbons (Fsp3) is 0.136. The molecular weight excluding hydrogens is 355 g/mol. The van der Waals surface area contributed by atoms with Gasteiger partial charge in [-0.25, -0.2) is 14.4 Å². The van der Waals surface area contributed by atoms with Crippen molar-refractivity contribution in [2.75, 3.05) is 18.6 Å². The number of pyridine rings is 1. The Labute approximate surface area is 161 Å². The zero-order chi connectivity index (χ0) is 19.1. The molecule has 0 saturated heterocycles. The Morgan fingerprint density at radius 3 is 2.82 bits per heavy atom. The highest BCUT2D eigenvalue weighted by Crippen LogP contribution is 2.39. The summed E-state index contributed by atoms with van der Waals surface area (Å²) < 4.78 is 19.3. The van der Waals surface area contributed by atoms with Gasteiger partial charge in [0.1, 0.15) is 17.4 Å². The van der Waals surface area contributed by atoms with Gasteiger partial charge in [-0.05, 0) is 54.4 Å². The van der Waals surface area contributed by atoms with E-state index in [4.69, 9.17) is 14.7 Å². The van der Waals surface area contributed by atoms with Crippen LogP contribution in [0.15, 0.2) is 60.9 Å². The van der Waals surface area contributed by atoms with Crippen molar-refractivity contribution in [3.05, 3.63) is 72.3 Å². The maximum absolute atomic E-state index is 13.9. The number of halogens is 1. The van der Waals surface area contributed by atoms with Crippen molar-refractivity contribution in [1.82, 2.24) is 15.0 Å². The first kappa shape index (κ1) is 16.6. The minimum absolute atomic E-state index is 0.255. The van der Waals surface area contributed by atoms with Crippen LogP contribution in [0.3, 0.4) is 0 Å². The molecule has 6 heteroatoms. The van der Waals surface area contributed by atoms with E-state index in [1.54, 1.807) is 25.6 Å². The fourth-order valence-corrected chi connectivity index (χ4v) is 3.62. The lowest BCUT2D eigenvalue weighted by Gasteiger charge is -2.21. The maximum Gasteiger partial charge on any atom is 0.163 e. The average molecular weight is 372 g/mol. The first-order valence-electron chi connectivity index (χ1n) is 9.05. The number of rotatable bonds is 3. The highest BCUT2D eigenvalue weighted by Gasteiger charge is 2.25. The van der Waals surface area contributed by atoms with Crippen LogP contribution in [0.5, 0.6) is 5.75 Å². The molecule has 0 unspecified atom stereocenters. The van der Waals surface area contributed by atoms with E-state index in [2.05, 4.69) is 9.88 Å². The van der Waals surface area contributed by atoms with Crippen molar-refractivity contribution in [3.8, 4) is 17.1 Å². The molecule has 0 spiro atoms. The number of methoxy groups -OCH3 is 1. The van der Waals surface area contributed by atoms with Gasteiger partial charge in [0.15, 0.2) is 5.82 Å². The van der Waals surface area contributed by atoms with Gasteiger partial charge in [-0.1, -0.05) is 6.07 Å². The van der Waals surface area contributed by atoms with Crippen LogP contribution >= 0.6 is 0 Å². The molecule has 138 valence electrons. The second kappa shape index (κ2) is 6.56. The number of nitrogens with zero attached hydrogens (tertiary/aromatic N) is 4. The third-order valence-corrected chi connectivity index (χ3v) is 5.00. The van der Waals surface area contributed by atoms with Gasteiger partial charge in [0, 0.05) is 35.6 Å². The van der Waals surface area contributed by atoms with E-state index in [9.17, 15) is 4.39 Å². The van der Waals surface area contributed by atoms with Gasteiger partial charge in [-0.2, -0.15) is 0 Å². The number of benzene rings is 2. The Kier molecular flexibility index (Phi) is 3.90. The summed E-state index contributed by atoms with van der Waals surface area (Å²) in [6.07, 6.45) is 4.30. The molecule has 5 nitrogen and oxygen atoms in total. The number of aromatic nitrogens is 3. The topological polar surface area (TPSA) is 51.1 Å². The largest absolute Gasteiger partial charge is 0.497 e. The first-order chi connectivity index (χ1) is 13.7. The zero-order valence-electron chi connectivity index (χ0n) is 15.3. The smallest absolute Gasteiger partial charge is 0.163 e. The lowest BCUT2D eigenvalue weighted by molar-refractivity contribution is 0.415. The molecule has 0 bridgehead atoms. The molecule has 0 saturated carbocycles. The second-order valence-electron chi connectivity index (χ2n) is 6.67. The minimum atomic E-state index is -0.255. The van der Waals surface area contributed by atoms with E-state index in [1.807, 2.05) is 36.4 Å². The van der Waals surface area contributed by atoms with Gasteiger partial charge < -0.3 is 9.64 Å². The van der Waals surface area contributed by atoms with Crippen molar-refractivity contribution >= 4 is 22.4 Å². The van der Waals surface area contributed by atoms with Crippen molar-refractivity contribution in [3.63, 3.8) is 0 Å². The summed E-state index contributed by atoms with van der Waals surface area (Å²) in [5.41, 5.74) is 3.59. The highest BCUT2D eigenvalue weighted by molar-refractivity contribution is 5.94. The maximum atomic E-state index is 13.9. The molecule has 0 N–H and O–H groups in total. The van der Waals surface area contributed by atoms with Gasteiger partial charge in [-0.3, -0.25) is 4.98 Å². The van der Waals surface area contributed by atoms with E-state index < -0.39 is 0 Å². The Hall–Kier alpha value is -3.54. The summed E-state index contributed by atoms with van der Waals surface area (Å²) >= 11 is 0. The molecule has 4 aromatic rings. The average Bonchev–Trinajstić information content (AvgIpc) is 3.16. The van der Waals surface area contributed by atoms with Crippen LogP contribution in [0.1, 0.15) is 5.56 Å². The highest BCUT2D eigenvalue weighted by atomic mass is 19.1. The molecule has 2 aromatic carbocycles. The third-order valence-electron chi connectivity index (χ3n) is 5.00. The van der Waals surface area contributed by atoms with Crippen LogP contribution in [0, 0.1) is 5.82 Å². The number of hydrogen-bond acceptors (Lipinski definition) is 5. The van der Waals surface area contributed by atoms with E-state index in [1.165, 1.54) is 6.07 Å². The van der Waals surface area contributed by atoms with Gasteiger partial charge in [-0.15, -0.1) is 0 Å². The summed E-state index contributed by atoms with van der Waals surface area (Å²) in [5.74, 6) is 1.80. The third kappa shape index (κ3) is 2.74. The van der Waals surface area contributed by atoms with Crippen molar-refractivity contribution in [2.24, 2.45) is 0 Å². The predicted octanol–water partition coefficient (Wildman–Crippen LogP) is 4.53. The standard InChI is InChI=1S/C22H17FN4O/c1-28-17-6-7-19-18(12-17)22(26-21(25-19)15-3-2-9-24-13-15)27-10-8-14-4-5-16(23)11-20(14)27/h2-7,9,11-13H,8,10H2,1H3. The van der Waals surface area contributed by atoms with E-state index in [0.717, 1.165) is 52.3 Å². The van der Waals surface area contributed by atoms with Gasteiger partial charge in [0.25, 0.3) is 0 Å². The number of anilines is 2. The molecule has 5 rings (SSSR count). The molecule has 28 heavy (non-hydrogen) atoms. The van der Waals surface area contributed by atoms with E-state index in [0.29, 0.717) is 5.82 Å². The molecular formula is C22H17FN4O. The Balaban J connectivity index is 1.76. The number of ether oxygens (including phenoxy) is 1. The number of hydrogen-bond donors (Lipinski definition) is 0. The van der Waals surface area contributed by atoms with Crippen LogP contribution in [-0.2, 0) is 6.42 Å². The van der Waals surface area contributed by atoms with Crippen molar-refractivity contribution < 1.29 is 9.13 Å². The molecule has 2 aromatic heterocycles. The van der Waals surface area contributed by atoms with Crippen LogP contribution in [-0.4, -0.2) is 28.6 Å². The molecule has 0 amide bonds. The van der Waals surface area contributed by atoms with Crippen molar-refractivity contribution in [1.29, 1.82) is 0 Å². The monoisotopic (exact) mass is 372 g/mol. The molecule has 0 atom stereocenters. The second-order valence-corrected chi connectivity index (χ2v) is 6.67. The fourth-order valence-electron chi connectivity index (χ4n) is 3.62. The first-order valence-corrected chi connectivity index (χ1v) is 9.05. The summed E-state index contributed by atoms with van der Waals surface area (Å²) in [7, 11) is 1.63. The summed E-state index contributed by atoms with van der Waals surface area (Å²) in [6, 6.07) is 14.4. The molecule has 3 heterocycles. The van der Waals surface area contributed by atoms with Gasteiger partial charge >= 0.3 is 0 Å². The van der Waals surface area contributed by atoms with Crippen LogP contribution in [0.2, 0.25) is 0 Å². The predicted molar refractivity (Wildman–Crippen MR) is 106 cm³/mol. The summed E-state index contributed by atoms with van der Waals surface area (Å²) in [6.45, 7) is 0.731. The molecule has 0 aliphatic carbocycles. The van der Waals surface area contributed by atoms with E-state index in [-0.39, 0.29) is 5.82 Å². The van der Waals surface area contributed by atoms with Crippen molar-refractivity contribution in [2.45, 2.75) is 6.42 Å². The lowest BCUT2D eigenvalue weighted by Crippen LogP contribution is -2.16. The lowest BCUT2D eigenvalue weighted by atomic mass is 10.1. The molecule has 0 radical (unpaired) electrons. The van der Waals surface area contributed by atoms with Gasteiger partial charge in [0.2, 0.25) is 0 Å². The van der Waals surface area contributed by atoms with Gasteiger partial charge in [0.05, 0.1) is 12.6 Å². The Morgan fingerprint density at radius 1 is 1.07 bits per heavy atom. The number of fused-ring (bicyclic) bond motifs is 2. The minimum Gasteiger partial charge on any atom is -0.497 e. The molecule has 1 aliphatic rings. The van der Waals surface area contributed by atoms with E-state index >= 15 is 0 Å². The normalized spacial score (nSPS) is 13.0. The Morgan fingerprint density at radius 2 is 2.00 bits per heavy atom. The van der Waals surface area contributed by atoms with Crippen LogP contribution in [0.25, 0.3) is 22.3 Å². The van der Waals surface area contributed by atoms with Crippen LogP contribution < -0.4 is 9.64 Å².